The number of carbonyl (C=O) groups excluding carboxylic acids is 2. The van der Waals surface area contributed by atoms with Gasteiger partial charge in [0.25, 0.3) is 5.91 Å². The largest absolute Gasteiger partial charge is 0.487 e. The van der Waals surface area contributed by atoms with E-state index in [0.29, 0.717) is 22.7 Å². The van der Waals surface area contributed by atoms with Crippen molar-refractivity contribution in [3.8, 4) is 5.75 Å². The van der Waals surface area contributed by atoms with E-state index in [9.17, 15) is 9.59 Å². The van der Waals surface area contributed by atoms with Crippen molar-refractivity contribution in [2.75, 3.05) is 5.32 Å². The number of hydrogen-bond acceptors (Lipinski definition) is 4. The van der Waals surface area contributed by atoms with Gasteiger partial charge in [-0.15, -0.1) is 0 Å². The molecule has 0 saturated carbocycles. The van der Waals surface area contributed by atoms with Crippen LogP contribution in [0, 0.1) is 6.57 Å². The zero-order valence-corrected chi connectivity index (χ0v) is 14.8. The Labute approximate surface area is 161 Å². The molecule has 138 valence electrons. The number of ether oxygens (including phenoxy) is 1. The van der Waals surface area contributed by atoms with Crippen LogP contribution < -0.4 is 15.8 Å². The molecule has 1 aromatic heterocycles. The van der Waals surface area contributed by atoms with Crippen LogP contribution in [0.25, 0.3) is 4.85 Å². The molecule has 0 aliphatic heterocycles. The van der Waals surface area contributed by atoms with Gasteiger partial charge in [0.1, 0.15) is 12.4 Å². The molecule has 1 heterocycles. The first kappa shape index (κ1) is 18.6. The average molecular weight is 372 g/mol. The SMILES string of the molecule is [C-]#[N+]c1ccc(C(=O)Nc2cccc(COc3cncc(C(N)=O)c3)c2)cc1. The zero-order chi connectivity index (χ0) is 19.9. The van der Waals surface area contributed by atoms with E-state index in [4.69, 9.17) is 17.0 Å². The molecule has 3 aromatic rings. The predicted octanol–water partition coefficient (Wildman–Crippen LogP) is 3.56. The number of rotatable bonds is 6. The van der Waals surface area contributed by atoms with Gasteiger partial charge in [-0.2, -0.15) is 0 Å². The van der Waals surface area contributed by atoms with E-state index in [1.54, 1.807) is 42.5 Å². The minimum Gasteiger partial charge on any atom is -0.487 e. The van der Waals surface area contributed by atoms with E-state index in [-0.39, 0.29) is 18.1 Å². The van der Waals surface area contributed by atoms with Crippen LogP contribution >= 0.6 is 0 Å². The summed E-state index contributed by atoms with van der Waals surface area (Å²) >= 11 is 0. The van der Waals surface area contributed by atoms with Crippen LogP contribution in [0.2, 0.25) is 0 Å². The molecule has 0 radical (unpaired) electrons. The fraction of sp³-hybridized carbons (Fsp3) is 0.0476. The van der Waals surface area contributed by atoms with Crippen LogP contribution in [-0.4, -0.2) is 16.8 Å². The highest BCUT2D eigenvalue weighted by Crippen LogP contribution is 2.17. The summed E-state index contributed by atoms with van der Waals surface area (Å²) < 4.78 is 5.64. The Morgan fingerprint density at radius 2 is 1.86 bits per heavy atom. The summed E-state index contributed by atoms with van der Waals surface area (Å²) in [6.45, 7) is 7.17. The van der Waals surface area contributed by atoms with Gasteiger partial charge in [-0.25, -0.2) is 4.85 Å². The predicted molar refractivity (Wildman–Crippen MR) is 104 cm³/mol. The Balaban J connectivity index is 1.65. The number of anilines is 1. The molecule has 28 heavy (non-hydrogen) atoms. The molecule has 2 amide bonds. The Kier molecular flexibility index (Phi) is 5.63. The summed E-state index contributed by atoms with van der Waals surface area (Å²) in [5.74, 6) is -0.425. The topological polar surface area (TPSA) is 98.7 Å². The van der Waals surface area contributed by atoms with Crippen LogP contribution in [-0.2, 0) is 6.61 Å². The van der Waals surface area contributed by atoms with Crippen molar-refractivity contribution in [3.05, 3.63) is 95.1 Å². The van der Waals surface area contributed by atoms with Gasteiger partial charge in [0.05, 0.1) is 18.3 Å². The average Bonchev–Trinajstić information content (AvgIpc) is 2.73. The highest BCUT2D eigenvalue weighted by atomic mass is 16.5. The molecule has 0 bridgehead atoms. The molecule has 3 rings (SSSR count). The number of nitrogens with two attached hydrogens (primary N) is 1. The number of benzene rings is 2. The normalized spacial score (nSPS) is 9.96. The van der Waals surface area contributed by atoms with E-state index < -0.39 is 5.91 Å². The van der Waals surface area contributed by atoms with Gasteiger partial charge in [0.15, 0.2) is 5.69 Å². The van der Waals surface area contributed by atoms with Gasteiger partial charge < -0.3 is 15.8 Å². The van der Waals surface area contributed by atoms with Crippen LogP contribution in [0.15, 0.2) is 67.0 Å². The van der Waals surface area contributed by atoms with E-state index in [2.05, 4.69) is 15.1 Å². The van der Waals surface area contributed by atoms with Crippen LogP contribution in [0.4, 0.5) is 11.4 Å². The second-order valence-corrected chi connectivity index (χ2v) is 5.88. The molecule has 0 saturated heterocycles. The van der Waals surface area contributed by atoms with E-state index in [0.717, 1.165) is 5.56 Å². The van der Waals surface area contributed by atoms with Crippen molar-refractivity contribution in [2.45, 2.75) is 6.61 Å². The molecule has 0 spiro atoms. The Hall–Kier alpha value is -4.18. The lowest BCUT2D eigenvalue weighted by Gasteiger charge is -2.09. The molecule has 2 aromatic carbocycles. The highest BCUT2D eigenvalue weighted by Gasteiger charge is 2.07. The third-order valence-electron chi connectivity index (χ3n) is 3.85. The minimum absolute atomic E-state index is 0.229. The minimum atomic E-state index is -0.577. The van der Waals surface area contributed by atoms with Gasteiger partial charge in [0.2, 0.25) is 5.91 Å². The monoisotopic (exact) mass is 372 g/mol. The number of amides is 2. The van der Waals surface area contributed by atoms with Crippen molar-refractivity contribution < 1.29 is 14.3 Å². The van der Waals surface area contributed by atoms with Gasteiger partial charge in [-0.1, -0.05) is 36.4 Å². The van der Waals surface area contributed by atoms with Crippen molar-refractivity contribution in [3.63, 3.8) is 0 Å². The lowest BCUT2D eigenvalue weighted by Crippen LogP contribution is -2.12. The van der Waals surface area contributed by atoms with Crippen LogP contribution in [0.1, 0.15) is 26.3 Å². The zero-order valence-electron chi connectivity index (χ0n) is 14.8. The molecule has 0 fully saturated rings. The molecular formula is C21H16N4O3. The molecule has 3 N–H and O–H groups in total. The number of aromatic nitrogens is 1. The fourth-order valence-electron chi connectivity index (χ4n) is 2.43. The summed E-state index contributed by atoms with van der Waals surface area (Å²) in [6.07, 6.45) is 2.86. The smallest absolute Gasteiger partial charge is 0.255 e. The van der Waals surface area contributed by atoms with E-state index >= 15 is 0 Å². The van der Waals surface area contributed by atoms with Gasteiger partial charge in [0, 0.05) is 17.4 Å². The maximum Gasteiger partial charge on any atom is 0.255 e. The van der Waals surface area contributed by atoms with Gasteiger partial charge in [-0.05, 0) is 23.8 Å². The van der Waals surface area contributed by atoms with Gasteiger partial charge in [-0.3, -0.25) is 14.6 Å². The third kappa shape index (κ3) is 4.71. The van der Waals surface area contributed by atoms with Crippen molar-refractivity contribution >= 4 is 23.2 Å². The fourth-order valence-corrected chi connectivity index (χ4v) is 2.43. The van der Waals surface area contributed by atoms with E-state index in [1.807, 2.05) is 6.07 Å². The van der Waals surface area contributed by atoms with E-state index in [1.165, 1.54) is 18.5 Å². The summed E-state index contributed by atoms with van der Waals surface area (Å²) in [5, 5.41) is 2.81. The van der Waals surface area contributed by atoms with Crippen molar-refractivity contribution in [1.29, 1.82) is 0 Å². The summed E-state index contributed by atoms with van der Waals surface area (Å²) in [6, 6.07) is 15.1. The highest BCUT2D eigenvalue weighted by molar-refractivity contribution is 6.04. The summed E-state index contributed by atoms with van der Waals surface area (Å²) in [4.78, 5) is 30.8. The number of nitrogens with one attached hydrogen (secondary N) is 1. The maximum atomic E-state index is 12.3. The second kappa shape index (κ2) is 8.47. The number of pyridine rings is 1. The molecule has 7 heteroatoms. The molecule has 0 aliphatic carbocycles. The van der Waals surface area contributed by atoms with Crippen LogP contribution in [0.3, 0.4) is 0 Å². The lowest BCUT2D eigenvalue weighted by molar-refractivity contribution is 0.0997. The number of nitrogens with zero attached hydrogens (tertiary/aromatic N) is 2. The first-order valence-corrected chi connectivity index (χ1v) is 8.30. The Morgan fingerprint density at radius 1 is 1.07 bits per heavy atom. The molecule has 7 nitrogen and oxygen atoms in total. The summed E-state index contributed by atoms with van der Waals surface area (Å²) in [7, 11) is 0. The maximum absolute atomic E-state index is 12.3. The molecule has 0 atom stereocenters. The number of carbonyl (C=O) groups is 2. The Bertz CT molecular complexity index is 1060. The third-order valence-corrected chi connectivity index (χ3v) is 3.85. The van der Waals surface area contributed by atoms with Crippen molar-refractivity contribution in [2.24, 2.45) is 5.73 Å². The second-order valence-electron chi connectivity index (χ2n) is 5.88. The Morgan fingerprint density at radius 3 is 2.57 bits per heavy atom. The number of primary amides is 1. The summed E-state index contributed by atoms with van der Waals surface area (Å²) in [5.41, 5.74) is 7.88. The lowest BCUT2D eigenvalue weighted by atomic mass is 10.1. The molecule has 0 unspecified atom stereocenters. The quantitative estimate of drug-likeness (QED) is 0.646. The number of hydrogen-bond donors (Lipinski definition) is 2. The van der Waals surface area contributed by atoms with Crippen LogP contribution in [0.5, 0.6) is 5.75 Å². The van der Waals surface area contributed by atoms with Gasteiger partial charge >= 0.3 is 0 Å². The standard InChI is InChI=1S/C21H16N4O3/c1-23-17-7-5-15(6-8-17)21(27)25-18-4-2-3-14(9-18)13-28-19-10-16(20(22)26)11-24-12-19/h2-12H,13H2,(H2,22,26)(H,25,27). The first-order valence-electron chi connectivity index (χ1n) is 8.30. The molecule has 0 aliphatic rings. The van der Waals surface area contributed by atoms with Crippen molar-refractivity contribution in [1.82, 2.24) is 4.98 Å². The first-order chi connectivity index (χ1) is 13.5. The molecular weight excluding hydrogens is 356 g/mol.